The quantitative estimate of drug-likeness (QED) is 0.292. The van der Waals surface area contributed by atoms with Crippen LogP contribution < -0.4 is 26.8 Å². The molecule has 11 rings (SSSR count). The Balaban J connectivity index is 1.33. The summed E-state index contributed by atoms with van der Waals surface area (Å²) in [4.78, 5) is 0. The van der Waals surface area contributed by atoms with Crippen molar-refractivity contribution in [3.8, 4) is 5.69 Å². The van der Waals surface area contributed by atoms with Crippen LogP contribution in [-0.4, -0.2) is 37.0 Å². The molecule has 172 valence electrons. The summed E-state index contributed by atoms with van der Waals surface area (Å²) in [7, 11) is 2.63. The Hall–Kier alpha value is -3.55. The second-order valence-electron chi connectivity index (χ2n) is 11.6. The van der Waals surface area contributed by atoms with E-state index in [1.54, 1.807) is 5.30 Å². The van der Waals surface area contributed by atoms with Gasteiger partial charge in [0.15, 0.2) is 0 Å². The van der Waals surface area contributed by atoms with Crippen LogP contribution in [0.25, 0.3) is 27.5 Å². The number of aromatic nitrogens is 1. The van der Waals surface area contributed by atoms with Gasteiger partial charge in [0, 0.05) is 0 Å². The van der Waals surface area contributed by atoms with Crippen molar-refractivity contribution in [3.05, 3.63) is 121 Å². The number of hydrogen-bond donors (Lipinski definition) is 1. The molecule has 1 N–H and O–H groups in total. The van der Waals surface area contributed by atoms with E-state index in [1.807, 2.05) is 0 Å². The molecule has 0 unspecified atom stereocenters. The Morgan fingerprint density at radius 1 is 0.658 bits per heavy atom. The Morgan fingerprint density at radius 2 is 1.34 bits per heavy atom. The molecule has 0 saturated carbocycles. The second kappa shape index (κ2) is 6.53. The molecule has 2 bridgehead atoms. The van der Waals surface area contributed by atoms with Crippen LogP contribution >= 0.6 is 6.39 Å². The van der Waals surface area contributed by atoms with Gasteiger partial charge < -0.3 is 0 Å². The molecule has 0 amide bonds. The van der Waals surface area contributed by atoms with Crippen molar-refractivity contribution in [2.75, 3.05) is 5.09 Å². The van der Waals surface area contributed by atoms with Crippen LogP contribution in [0.5, 0.6) is 0 Å². The summed E-state index contributed by atoms with van der Waals surface area (Å²) in [6.45, 7) is 0.229. The van der Waals surface area contributed by atoms with Crippen LogP contribution in [0, 0.1) is 0 Å². The Bertz CT molecular complexity index is 1970. The first-order valence-electron chi connectivity index (χ1n) is 13.7. The number of para-hydroxylation sites is 3. The van der Waals surface area contributed by atoms with Crippen LogP contribution in [0.3, 0.4) is 0 Å². The molecular formula is C30H21B5N2P-. The summed E-state index contributed by atoms with van der Waals surface area (Å²) in [5.41, 5.74) is 9.53. The van der Waals surface area contributed by atoms with E-state index < -0.39 is 6.39 Å². The average molecular weight is 495 g/mol. The number of anilines is 1. The van der Waals surface area contributed by atoms with Crippen molar-refractivity contribution in [2.24, 2.45) is 0 Å². The first kappa shape index (κ1) is 20.4. The molecule has 2 nitrogen and oxygen atoms in total. The molecule has 6 heterocycles. The molecular weight excluding hydrogens is 473 g/mol. The molecule has 0 aliphatic carbocycles. The number of rotatable bonds is 4. The third kappa shape index (κ3) is 2.04. The summed E-state index contributed by atoms with van der Waals surface area (Å²) in [6.07, 6.45) is 0.143. The molecule has 6 aromatic rings. The van der Waals surface area contributed by atoms with E-state index in [4.69, 9.17) is 0 Å². The number of fused-ring (bicyclic) bond motifs is 5. The molecule has 5 aliphatic rings. The third-order valence-corrected chi connectivity index (χ3v) is 17.3. The topological polar surface area (TPSA) is 17.0 Å². The van der Waals surface area contributed by atoms with Gasteiger partial charge in [-0.15, -0.1) is 0 Å². The van der Waals surface area contributed by atoms with Gasteiger partial charge in [0.2, 0.25) is 0 Å². The van der Waals surface area contributed by atoms with Gasteiger partial charge in [-0.05, 0) is 0 Å². The zero-order chi connectivity index (χ0) is 24.7. The fraction of sp³-hybridized carbons (Fsp3) is 0. The van der Waals surface area contributed by atoms with E-state index >= 15 is 0 Å². The molecule has 5 aliphatic heterocycles. The van der Waals surface area contributed by atoms with Gasteiger partial charge >= 0.3 is 225 Å². The average Bonchev–Trinajstić information content (AvgIpc) is 3.54. The molecule has 8 heteroatoms. The molecule has 4 fully saturated rings. The monoisotopic (exact) mass is 495 g/mol. The third-order valence-electron chi connectivity index (χ3n) is 10.3. The Kier molecular flexibility index (Phi) is 3.51. The van der Waals surface area contributed by atoms with Gasteiger partial charge in [-0.1, -0.05) is 0 Å². The van der Waals surface area contributed by atoms with Crippen molar-refractivity contribution < 1.29 is 0 Å². The summed E-state index contributed by atoms with van der Waals surface area (Å²) >= 11 is 0. The summed E-state index contributed by atoms with van der Waals surface area (Å²) in [5.74, 6) is 0. The van der Waals surface area contributed by atoms with Crippen molar-refractivity contribution in [2.45, 2.75) is 0 Å². The van der Waals surface area contributed by atoms with Crippen molar-refractivity contribution in [3.63, 3.8) is 0 Å². The number of nitrogens with zero attached hydrogens (tertiary/aromatic N) is 1. The van der Waals surface area contributed by atoms with E-state index in [1.165, 1.54) is 49.6 Å². The van der Waals surface area contributed by atoms with E-state index in [2.05, 4.69) is 138 Å². The maximum atomic E-state index is 4.27. The van der Waals surface area contributed by atoms with Crippen molar-refractivity contribution in [1.82, 2.24) is 4.57 Å². The van der Waals surface area contributed by atoms with Crippen LogP contribution in [0.4, 0.5) is 5.69 Å². The predicted octanol–water partition coefficient (Wildman–Crippen LogP) is 3.69. The first-order chi connectivity index (χ1) is 18.8. The number of hydrogen-bond acceptors (Lipinski definition) is 1. The normalized spacial score (nSPS) is 19.3. The van der Waals surface area contributed by atoms with E-state index in [0.29, 0.717) is 0 Å². The molecule has 5 aromatic carbocycles. The predicted molar refractivity (Wildman–Crippen MR) is 172 cm³/mol. The first-order valence-corrected chi connectivity index (χ1v) is 16.2. The zero-order valence-corrected chi connectivity index (χ0v) is 21.7. The SMILES string of the molecule is [B-]1B2B3B1P23(Nc1ccccc1)c1ccc2c3c1c1ccccc1n3-c1ccccc1B2c1ccccc1. The van der Waals surface area contributed by atoms with E-state index in [0.717, 1.165) is 18.6 Å². The number of benzene rings is 5. The molecule has 0 atom stereocenters. The van der Waals surface area contributed by atoms with E-state index in [9.17, 15) is 0 Å². The van der Waals surface area contributed by atoms with Gasteiger partial charge in [-0.25, -0.2) is 0 Å². The molecule has 0 spiro atoms. The van der Waals surface area contributed by atoms with Gasteiger partial charge in [0.1, 0.15) is 0 Å². The standard InChI is InChI=1S/C30H21B5N2P/c1-3-11-21(12-4-1)32-24-16-8-10-18-27(24)37-26-17-9-7-15-23(26)29-28(20-19-25(32)30(29)37)38(33-31-34(38)35(33)38)36-22-13-5-2-6-14-22/h1-20,36H/q-1. The van der Waals surface area contributed by atoms with E-state index in [-0.39, 0.29) is 6.71 Å². The summed E-state index contributed by atoms with van der Waals surface area (Å²) < 4.78 is 2.58. The van der Waals surface area contributed by atoms with Crippen LogP contribution in [0.1, 0.15) is 0 Å². The molecule has 38 heavy (non-hydrogen) atoms. The molecule has 2 radical (unpaired) electrons. The summed E-state index contributed by atoms with van der Waals surface area (Å²) in [6, 6.07) is 45.2. The zero-order valence-electron chi connectivity index (χ0n) is 20.8. The Morgan fingerprint density at radius 3 is 2.11 bits per heavy atom. The van der Waals surface area contributed by atoms with Crippen LogP contribution in [0.15, 0.2) is 121 Å². The van der Waals surface area contributed by atoms with Crippen molar-refractivity contribution in [1.29, 1.82) is 0 Å². The minimum atomic E-state index is -2.21. The van der Waals surface area contributed by atoms with Gasteiger partial charge in [0.25, 0.3) is 0 Å². The maximum absolute atomic E-state index is 4.27. The fourth-order valence-corrected chi connectivity index (χ4v) is 16.8. The van der Waals surface area contributed by atoms with Crippen LogP contribution in [-0.2, 0) is 0 Å². The van der Waals surface area contributed by atoms with Gasteiger partial charge in [-0.2, -0.15) is 0 Å². The van der Waals surface area contributed by atoms with Crippen LogP contribution in [0.2, 0.25) is 0 Å². The summed E-state index contributed by atoms with van der Waals surface area (Å²) in [5, 5.41) is 8.79. The fourth-order valence-electron chi connectivity index (χ4n) is 8.58. The minimum absolute atomic E-state index is 0.229. The number of nitrogens with one attached hydrogen (secondary N) is 1. The van der Waals surface area contributed by atoms with Crippen molar-refractivity contribution >= 4 is 88.0 Å². The Labute approximate surface area is 224 Å². The van der Waals surface area contributed by atoms with Gasteiger partial charge in [-0.3, -0.25) is 0 Å². The molecule has 4 saturated heterocycles. The van der Waals surface area contributed by atoms with Gasteiger partial charge in [0.05, 0.1) is 0 Å². The second-order valence-corrected chi connectivity index (χ2v) is 16.8. The molecule has 1 aromatic heterocycles.